The first-order valence-electron chi connectivity index (χ1n) is 11.2. The second-order valence-corrected chi connectivity index (χ2v) is 9.41. The topological polar surface area (TPSA) is 129 Å². The smallest absolute Gasteiger partial charge is 0.412 e. The number of piperidine rings is 1. The number of cyclic esters (lactones) is 1. The van der Waals surface area contributed by atoms with Crippen molar-refractivity contribution in [3.8, 4) is 0 Å². The molecular weight excluding hydrogens is 440 g/mol. The van der Waals surface area contributed by atoms with Gasteiger partial charge in [0.2, 0.25) is 0 Å². The van der Waals surface area contributed by atoms with Crippen molar-refractivity contribution in [3.63, 3.8) is 0 Å². The number of ether oxygens (including phenoxy) is 2. The zero-order chi connectivity index (χ0) is 23.6. The Bertz CT molecular complexity index is 1210. The number of guanidine groups is 1. The summed E-state index contributed by atoms with van der Waals surface area (Å²) in [5.74, 6) is 1.10. The molecule has 12 heteroatoms. The van der Waals surface area contributed by atoms with Gasteiger partial charge in [0, 0.05) is 24.1 Å². The normalized spacial score (nSPS) is 28.2. The van der Waals surface area contributed by atoms with Gasteiger partial charge in [-0.25, -0.2) is 9.59 Å². The Hall–Kier alpha value is -3.77. The van der Waals surface area contributed by atoms with Crippen LogP contribution in [0.15, 0.2) is 45.7 Å². The SMILES string of the molecule is CC1(C)OC(=O)Nc2cc(NC3=N[N+]4(N5CCC6(CC5)CNC(=O)O6)C=CN=CC4=N3)ccc21. The van der Waals surface area contributed by atoms with Gasteiger partial charge < -0.3 is 20.1 Å². The first kappa shape index (κ1) is 20.8. The van der Waals surface area contributed by atoms with Gasteiger partial charge in [0.15, 0.2) is 6.20 Å². The van der Waals surface area contributed by atoms with Crippen LogP contribution in [0, 0.1) is 0 Å². The second-order valence-electron chi connectivity index (χ2n) is 9.41. The minimum atomic E-state index is -0.715. The largest absolute Gasteiger partial charge is 0.441 e. The van der Waals surface area contributed by atoms with E-state index in [9.17, 15) is 9.59 Å². The summed E-state index contributed by atoms with van der Waals surface area (Å²) in [5, 5.41) is 15.9. The summed E-state index contributed by atoms with van der Waals surface area (Å²) >= 11 is 0. The molecule has 1 atom stereocenters. The predicted molar refractivity (Wildman–Crippen MR) is 124 cm³/mol. The lowest BCUT2D eigenvalue weighted by atomic mass is 9.92. The van der Waals surface area contributed by atoms with Gasteiger partial charge in [-0.3, -0.25) is 10.3 Å². The molecule has 2 fully saturated rings. The number of amidine groups is 1. The molecule has 0 aromatic heterocycles. The van der Waals surface area contributed by atoms with Crippen LogP contribution in [0.5, 0.6) is 0 Å². The molecule has 5 aliphatic rings. The van der Waals surface area contributed by atoms with Gasteiger partial charge >= 0.3 is 18.0 Å². The molecule has 12 nitrogen and oxygen atoms in total. The number of aliphatic imine (C=N–C) groups is 2. The van der Waals surface area contributed by atoms with Crippen LogP contribution in [-0.2, 0) is 15.1 Å². The van der Waals surface area contributed by atoms with Crippen molar-refractivity contribution in [2.75, 3.05) is 30.3 Å². The van der Waals surface area contributed by atoms with Crippen molar-refractivity contribution in [2.24, 2.45) is 15.1 Å². The third kappa shape index (κ3) is 3.25. The maximum absolute atomic E-state index is 11.9. The highest BCUT2D eigenvalue weighted by atomic mass is 16.6. The molecule has 1 unspecified atom stereocenters. The molecule has 0 radical (unpaired) electrons. The van der Waals surface area contributed by atoms with Crippen LogP contribution >= 0.6 is 0 Å². The summed E-state index contributed by atoms with van der Waals surface area (Å²) in [7, 11) is 0. The number of benzene rings is 1. The maximum atomic E-state index is 11.9. The number of rotatable bonds is 2. The molecular formula is C22H25N8O4+. The molecule has 1 spiro atoms. The number of amides is 2. The lowest BCUT2D eigenvalue weighted by Gasteiger charge is -2.41. The quantitative estimate of drug-likeness (QED) is 0.576. The fraction of sp³-hybridized carbons (Fsp3) is 0.409. The molecule has 3 N–H and O–H groups in total. The van der Waals surface area contributed by atoms with Gasteiger partial charge in [-0.1, -0.05) is 6.07 Å². The summed E-state index contributed by atoms with van der Waals surface area (Å²) in [4.78, 5) is 32.4. The van der Waals surface area contributed by atoms with Gasteiger partial charge in [-0.2, -0.15) is 0 Å². The first-order chi connectivity index (χ1) is 16.3. The van der Waals surface area contributed by atoms with Crippen molar-refractivity contribution >= 4 is 41.6 Å². The Labute approximate surface area is 195 Å². The van der Waals surface area contributed by atoms with Crippen molar-refractivity contribution in [3.05, 3.63) is 36.2 Å². The van der Waals surface area contributed by atoms with E-state index in [0.717, 1.165) is 11.3 Å². The highest BCUT2D eigenvalue weighted by Gasteiger charge is 2.52. The van der Waals surface area contributed by atoms with E-state index >= 15 is 0 Å². The standard InChI is InChI=1S/C22H24N8O4/c1-21(2)15-4-3-14(11-16(15)26-20(32)33-21)25-18-27-17-12-23-7-10-30(17,28-18)29-8-5-22(6-9-29)13-24-19(31)34-22/h3-4,7,10-12H,5-6,8-9,13H2,1-2H3,(H2-,24,25,26,28,31,32)/p+1. The fourth-order valence-corrected chi connectivity index (χ4v) is 5.01. The Morgan fingerprint density at radius 2 is 1.97 bits per heavy atom. The van der Waals surface area contributed by atoms with Crippen LogP contribution in [0.4, 0.5) is 21.0 Å². The number of carbonyl (C=O) groups excluding carboxylic acids is 2. The Morgan fingerprint density at radius 1 is 1.15 bits per heavy atom. The van der Waals surface area contributed by atoms with Crippen molar-refractivity contribution in [1.29, 1.82) is 0 Å². The number of nitrogens with zero attached hydrogens (tertiary/aromatic N) is 5. The average molecular weight is 465 g/mol. The zero-order valence-electron chi connectivity index (χ0n) is 18.9. The number of fused-ring (bicyclic) bond motifs is 2. The number of quaternary nitrogens is 1. The van der Waals surface area contributed by atoms with Crippen LogP contribution in [0.25, 0.3) is 0 Å². The number of anilines is 2. The highest BCUT2D eigenvalue weighted by Crippen LogP contribution is 2.38. The first-order valence-corrected chi connectivity index (χ1v) is 11.2. The van der Waals surface area contributed by atoms with Crippen molar-refractivity contribution < 1.29 is 23.8 Å². The summed E-state index contributed by atoms with van der Waals surface area (Å²) in [5.41, 5.74) is 1.14. The molecule has 2 saturated heterocycles. The predicted octanol–water partition coefficient (Wildman–Crippen LogP) is 2.44. The molecule has 1 aromatic rings. The molecule has 5 heterocycles. The van der Waals surface area contributed by atoms with E-state index in [1.54, 1.807) is 12.4 Å². The van der Waals surface area contributed by atoms with Crippen molar-refractivity contribution in [1.82, 2.24) is 10.3 Å². The summed E-state index contributed by atoms with van der Waals surface area (Å²) < 4.78 is 11.0. The van der Waals surface area contributed by atoms with E-state index in [4.69, 9.17) is 14.6 Å². The fourth-order valence-electron chi connectivity index (χ4n) is 5.01. The zero-order valence-corrected chi connectivity index (χ0v) is 18.9. The Morgan fingerprint density at radius 3 is 2.74 bits per heavy atom. The molecule has 6 rings (SSSR count). The van der Waals surface area contributed by atoms with E-state index in [1.165, 1.54) is 0 Å². The van der Waals surface area contributed by atoms with Gasteiger partial charge in [-0.15, -0.1) is 10.0 Å². The number of nitrogens with one attached hydrogen (secondary N) is 3. The summed E-state index contributed by atoms with van der Waals surface area (Å²) in [6.45, 7) is 5.58. The van der Waals surface area contributed by atoms with E-state index in [0.29, 0.717) is 50.0 Å². The summed E-state index contributed by atoms with van der Waals surface area (Å²) in [6.07, 6.45) is 5.86. The average Bonchev–Trinajstić information content (AvgIpc) is 3.33. The highest BCUT2D eigenvalue weighted by molar-refractivity contribution is 6.30. The lowest BCUT2D eigenvalue weighted by molar-refractivity contribution is -0.919. The molecule has 0 aliphatic carbocycles. The van der Waals surface area contributed by atoms with E-state index in [2.05, 4.69) is 30.9 Å². The minimum Gasteiger partial charge on any atom is -0.441 e. The number of carbonyl (C=O) groups is 2. The molecule has 176 valence electrons. The summed E-state index contributed by atoms with van der Waals surface area (Å²) in [6, 6.07) is 5.67. The van der Waals surface area contributed by atoms with Crippen LogP contribution in [0.1, 0.15) is 32.3 Å². The van der Waals surface area contributed by atoms with Crippen LogP contribution in [0.3, 0.4) is 0 Å². The molecule has 0 bridgehead atoms. The molecule has 34 heavy (non-hydrogen) atoms. The Balaban J connectivity index is 1.25. The lowest BCUT2D eigenvalue weighted by Crippen LogP contribution is -2.61. The minimum absolute atomic E-state index is 0.0752. The van der Waals surface area contributed by atoms with E-state index in [-0.39, 0.29) is 10.8 Å². The van der Waals surface area contributed by atoms with Gasteiger partial charge in [0.05, 0.1) is 31.5 Å². The molecule has 2 amide bonds. The molecule has 1 aromatic carbocycles. The number of hydrogen-bond donors (Lipinski definition) is 3. The van der Waals surface area contributed by atoms with E-state index < -0.39 is 17.3 Å². The second kappa shape index (κ2) is 7.11. The van der Waals surface area contributed by atoms with Crippen molar-refractivity contribution in [2.45, 2.75) is 37.9 Å². The van der Waals surface area contributed by atoms with E-state index in [1.807, 2.05) is 38.2 Å². The number of hydrogen-bond acceptors (Lipinski definition) is 9. The van der Waals surface area contributed by atoms with Crippen LogP contribution < -0.4 is 16.0 Å². The van der Waals surface area contributed by atoms with Gasteiger partial charge in [0.1, 0.15) is 17.4 Å². The maximum Gasteiger partial charge on any atom is 0.412 e. The Kier molecular flexibility index (Phi) is 4.35. The third-order valence-corrected chi connectivity index (χ3v) is 6.81. The van der Waals surface area contributed by atoms with Crippen LogP contribution in [-0.4, -0.2) is 65.1 Å². The molecule has 0 saturated carbocycles. The molecule has 5 aliphatic heterocycles. The van der Waals surface area contributed by atoms with Gasteiger partial charge in [-0.05, 0) is 35.8 Å². The van der Waals surface area contributed by atoms with Crippen LogP contribution in [0.2, 0.25) is 0 Å². The monoisotopic (exact) mass is 465 g/mol. The number of alkyl carbamates (subject to hydrolysis) is 1. The third-order valence-electron chi connectivity index (χ3n) is 6.81. The van der Waals surface area contributed by atoms with Gasteiger partial charge in [0.25, 0.3) is 5.96 Å².